The smallest absolute Gasteiger partial charge is 0.497 e. The van der Waals surface area contributed by atoms with E-state index in [0.29, 0.717) is 0 Å². The van der Waals surface area contributed by atoms with E-state index in [9.17, 15) is 26.3 Å². The Balaban J connectivity index is 0. The number of benzene rings is 1. The average Bonchev–Trinajstić information content (AvgIpc) is 2.36. The molecule has 0 unspecified atom stereocenters. The number of methoxy groups -OCH3 is 1. The molecule has 0 saturated heterocycles. The van der Waals surface area contributed by atoms with E-state index in [4.69, 9.17) is 30.7 Å². The molecule has 2 N–H and O–H groups in total. The highest BCUT2D eigenvalue weighted by atomic mass is 127. The fourth-order valence-corrected chi connectivity index (χ4v) is 0.930. The number of rotatable bonds is 1. The maximum absolute atomic E-state index is 10.7. The van der Waals surface area contributed by atoms with Gasteiger partial charge < -0.3 is 4.74 Å². The van der Waals surface area contributed by atoms with Gasteiger partial charge in [-0.25, -0.2) is 0 Å². The Morgan fingerprint density at radius 3 is 1.24 bits per heavy atom. The first-order valence-corrected chi connectivity index (χ1v) is 9.16. The molecular weight excluding hydrogens is 525 g/mol. The van der Waals surface area contributed by atoms with Crippen molar-refractivity contribution in [1.82, 2.24) is 0 Å². The fraction of sp³-hybridized carbons (Fsp3) is 0.333. The second kappa shape index (κ2) is 9.74. The van der Waals surface area contributed by atoms with Gasteiger partial charge in [-0.2, -0.15) is 43.2 Å². The van der Waals surface area contributed by atoms with Gasteiger partial charge in [0, 0.05) is 3.57 Å². The van der Waals surface area contributed by atoms with Gasteiger partial charge in [-0.1, -0.05) is 0 Å². The molecule has 0 bridgehead atoms. The zero-order valence-electron chi connectivity index (χ0n) is 11.7. The molecule has 0 aliphatic carbocycles. The Morgan fingerprint density at radius 1 is 0.840 bits per heavy atom. The Morgan fingerprint density at radius 2 is 1.08 bits per heavy atom. The lowest BCUT2D eigenvalue weighted by Gasteiger charge is -1.97. The van der Waals surface area contributed by atoms with Crippen LogP contribution in [0.5, 0.6) is 5.75 Å². The van der Waals surface area contributed by atoms with Gasteiger partial charge in [0.1, 0.15) is 5.75 Å². The molecule has 0 radical (unpaired) electrons. The van der Waals surface area contributed by atoms with E-state index in [1.54, 1.807) is 7.11 Å². The van der Waals surface area contributed by atoms with E-state index in [1.807, 2.05) is 24.3 Å². The third kappa shape index (κ3) is 12.2. The lowest BCUT2D eigenvalue weighted by molar-refractivity contribution is -0.0514. The SMILES string of the molecule is COc1ccc(I)cc1.O=S(=O)(O)C(F)(F)F.O=S(=O)(O)C(F)(F)F. The maximum Gasteiger partial charge on any atom is 0.522 e. The van der Waals surface area contributed by atoms with Crippen LogP contribution in [-0.2, 0) is 20.2 Å². The fourth-order valence-electron chi connectivity index (χ4n) is 0.571. The molecular formula is C9H9F6IO7S2. The average molecular weight is 534 g/mol. The van der Waals surface area contributed by atoms with E-state index >= 15 is 0 Å². The van der Waals surface area contributed by atoms with Gasteiger partial charge in [0.15, 0.2) is 0 Å². The molecule has 1 aromatic carbocycles. The van der Waals surface area contributed by atoms with Crippen molar-refractivity contribution in [3.8, 4) is 5.75 Å². The standard InChI is InChI=1S/C7H7IO.2CHF3O3S/c1-9-7-4-2-6(8)3-5-7;2*2-1(3,4)8(5,6)7/h2-5H,1H3;2*(H,5,6,7). The van der Waals surface area contributed by atoms with E-state index in [1.165, 1.54) is 3.57 Å². The summed E-state index contributed by atoms with van der Waals surface area (Å²) in [5.41, 5.74) is -11.1. The monoisotopic (exact) mass is 534 g/mol. The molecule has 0 aliphatic heterocycles. The molecule has 25 heavy (non-hydrogen) atoms. The molecule has 0 heterocycles. The Bertz CT molecular complexity index is 683. The van der Waals surface area contributed by atoms with Crippen molar-refractivity contribution in [2.45, 2.75) is 11.0 Å². The second-order valence-electron chi connectivity index (χ2n) is 3.50. The van der Waals surface area contributed by atoms with Crippen LogP contribution >= 0.6 is 22.6 Å². The van der Waals surface area contributed by atoms with Crippen LogP contribution in [0, 0.1) is 3.57 Å². The number of ether oxygens (including phenoxy) is 1. The van der Waals surface area contributed by atoms with Crippen molar-refractivity contribution in [2.24, 2.45) is 0 Å². The molecule has 7 nitrogen and oxygen atoms in total. The van der Waals surface area contributed by atoms with E-state index in [0.717, 1.165) is 5.75 Å². The van der Waals surface area contributed by atoms with E-state index < -0.39 is 31.3 Å². The van der Waals surface area contributed by atoms with Gasteiger partial charge >= 0.3 is 31.3 Å². The first kappa shape index (κ1) is 26.4. The van der Waals surface area contributed by atoms with Gasteiger partial charge in [-0.05, 0) is 46.9 Å². The number of halogens is 7. The number of hydrogen-bond donors (Lipinski definition) is 2. The van der Waals surface area contributed by atoms with Crippen LogP contribution < -0.4 is 4.74 Å². The summed E-state index contributed by atoms with van der Waals surface area (Å²) in [4.78, 5) is 0. The minimum atomic E-state index is -5.84. The van der Waals surface area contributed by atoms with Crippen molar-refractivity contribution in [3.05, 3.63) is 27.8 Å². The summed E-state index contributed by atoms with van der Waals surface area (Å²) in [6, 6.07) is 7.92. The summed E-state index contributed by atoms with van der Waals surface area (Å²) < 4.78 is 121. The summed E-state index contributed by atoms with van der Waals surface area (Å²) in [5.74, 6) is 0.912. The van der Waals surface area contributed by atoms with Crippen LogP contribution in [-0.4, -0.2) is 44.1 Å². The van der Waals surface area contributed by atoms with Crippen LogP contribution in [0.15, 0.2) is 24.3 Å². The molecule has 1 rings (SSSR count). The van der Waals surface area contributed by atoms with Crippen LogP contribution in [0.2, 0.25) is 0 Å². The summed E-state index contributed by atoms with van der Waals surface area (Å²) in [5, 5.41) is 0. The second-order valence-corrected chi connectivity index (χ2v) is 7.57. The highest BCUT2D eigenvalue weighted by Crippen LogP contribution is 2.21. The van der Waals surface area contributed by atoms with Gasteiger partial charge in [0.05, 0.1) is 7.11 Å². The molecule has 148 valence electrons. The van der Waals surface area contributed by atoms with Crippen LogP contribution in [0.25, 0.3) is 0 Å². The van der Waals surface area contributed by atoms with Crippen LogP contribution in [0.4, 0.5) is 26.3 Å². The minimum Gasteiger partial charge on any atom is -0.497 e. The normalized spacial score (nSPS) is 12.2. The third-order valence-corrected chi connectivity index (χ3v) is 3.52. The highest BCUT2D eigenvalue weighted by Gasteiger charge is 2.45. The molecule has 0 amide bonds. The Kier molecular flexibility index (Phi) is 10.3. The predicted octanol–water partition coefficient (Wildman–Crippen LogP) is 3.09. The lowest BCUT2D eigenvalue weighted by atomic mass is 10.3. The molecule has 0 saturated carbocycles. The predicted molar refractivity (Wildman–Crippen MR) is 80.9 cm³/mol. The molecule has 0 spiro atoms. The molecule has 16 heteroatoms. The van der Waals surface area contributed by atoms with Gasteiger partial charge in [0.25, 0.3) is 0 Å². The molecule has 1 aromatic rings. The molecule has 0 atom stereocenters. The molecule has 0 fully saturated rings. The largest absolute Gasteiger partial charge is 0.522 e. The quantitative estimate of drug-likeness (QED) is 0.246. The first-order valence-electron chi connectivity index (χ1n) is 5.20. The van der Waals surface area contributed by atoms with Crippen LogP contribution in [0.3, 0.4) is 0 Å². The Labute approximate surface area is 151 Å². The topological polar surface area (TPSA) is 118 Å². The van der Waals surface area contributed by atoms with E-state index in [2.05, 4.69) is 22.6 Å². The summed E-state index contributed by atoms with van der Waals surface area (Å²) in [6.45, 7) is 0. The van der Waals surface area contributed by atoms with Crippen LogP contribution in [0.1, 0.15) is 0 Å². The minimum absolute atomic E-state index is 0.912. The first-order chi connectivity index (χ1) is 10.8. The van der Waals surface area contributed by atoms with Crippen molar-refractivity contribution in [1.29, 1.82) is 0 Å². The number of alkyl halides is 6. The van der Waals surface area contributed by atoms with Gasteiger partial charge in [-0.3, -0.25) is 9.11 Å². The van der Waals surface area contributed by atoms with Crippen molar-refractivity contribution < 1.29 is 57.0 Å². The zero-order valence-corrected chi connectivity index (χ0v) is 15.5. The summed E-state index contributed by atoms with van der Waals surface area (Å²) in [7, 11) is -10.0. The summed E-state index contributed by atoms with van der Waals surface area (Å²) >= 11 is 2.26. The highest BCUT2D eigenvalue weighted by molar-refractivity contribution is 14.1. The van der Waals surface area contributed by atoms with E-state index in [-0.39, 0.29) is 0 Å². The zero-order chi connectivity index (χ0) is 20.7. The Hall–Kier alpha value is -0.850. The third-order valence-electron chi connectivity index (χ3n) is 1.63. The summed E-state index contributed by atoms with van der Waals surface area (Å²) in [6.07, 6.45) is 0. The van der Waals surface area contributed by atoms with Crippen molar-refractivity contribution in [3.63, 3.8) is 0 Å². The number of hydrogen-bond acceptors (Lipinski definition) is 5. The maximum atomic E-state index is 10.7. The van der Waals surface area contributed by atoms with Gasteiger partial charge in [0.2, 0.25) is 0 Å². The molecule has 0 aromatic heterocycles. The van der Waals surface area contributed by atoms with Crippen molar-refractivity contribution in [2.75, 3.05) is 7.11 Å². The molecule has 0 aliphatic rings. The van der Waals surface area contributed by atoms with Crippen molar-refractivity contribution >= 4 is 42.8 Å². The lowest BCUT2D eigenvalue weighted by Crippen LogP contribution is -2.21. The van der Waals surface area contributed by atoms with Gasteiger partial charge in [-0.15, -0.1) is 0 Å².